The fraction of sp³-hybridized carbons (Fsp3) is 0.571. The zero-order valence-corrected chi connectivity index (χ0v) is 44.0. The Labute approximate surface area is 423 Å². The summed E-state index contributed by atoms with van der Waals surface area (Å²) in [4.78, 5) is 37.9. The van der Waals surface area contributed by atoms with Crippen molar-refractivity contribution in [2.75, 3.05) is 13.2 Å². The van der Waals surface area contributed by atoms with Gasteiger partial charge in [-0.3, -0.25) is 14.4 Å². The molecular weight excluding hydrogens is 853 g/mol. The summed E-state index contributed by atoms with van der Waals surface area (Å²) in [6, 6.07) is 0. The van der Waals surface area contributed by atoms with Crippen molar-refractivity contribution in [1.82, 2.24) is 0 Å². The van der Waals surface area contributed by atoms with Crippen molar-refractivity contribution < 1.29 is 28.6 Å². The first-order chi connectivity index (χ1) is 34.0. The van der Waals surface area contributed by atoms with Gasteiger partial charge in [0, 0.05) is 19.3 Å². The largest absolute Gasteiger partial charge is 0.462 e. The zero-order valence-electron chi connectivity index (χ0n) is 44.0. The maximum atomic E-state index is 12.8. The van der Waals surface area contributed by atoms with Crippen LogP contribution in [0.4, 0.5) is 0 Å². The molecule has 0 bridgehead atoms. The summed E-state index contributed by atoms with van der Waals surface area (Å²) in [5.74, 6) is -1.05. The molecule has 0 rings (SSSR count). The van der Waals surface area contributed by atoms with Crippen molar-refractivity contribution in [3.63, 3.8) is 0 Å². The lowest BCUT2D eigenvalue weighted by molar-refractivity contribution is -0.166. The highest BCUT2D eigenvalue weighted by atomic mass is 16.6. The van der Waals surface area contributed by atoms with E-state index in [1.807, 2.05) is 12.2 Å². The van der Waals surface area contributed by atoms with Crippen molar-refractivity contribution in [3.05, 3.63) is 146 Å². The van der Waals surface area contributed by atoms with Crippen molar-refractivity contribution in [1.29, 1.82) is 0 Å². The highest BCUT2D eigenvalue weighted by molar-refractivity contribution is 5.71. The fourth-order valence-corrected chi connectivity index (χ4v) is 6.77. The van der Waals surface area contributed by atoms with Gasteiger partial charge >= 0.3 is 17.9 Å². The summed E-state index contributed by atoms with van der Waals surface area (Å²) in [5, 5.41) is 0. The summed E-state index contributed by atoms with van der Waals surface area (Å²) < 4.78 is 16.7. The second-order valence-electron chi connectivity index (χ2n) is 17.4. The number of rotatable bonds is 47. The summed E-state index contributed by atoms with van der Waals surface area (Å²) >= 11 is 0. The van der Waals surface area contributed by atoms with Crippen molar-refractivity contribution in [2.24, 2.45) is 0 Å². The molecule has 0 heterocycles. The third kappa shape index (κ3) is 54.1. The molecule has 6 heteroatoms. The lowest BCUT2D eigenvalue weighted by Gasteiger charge is -2.18. The summed E-state index contributed by atoms with van der Waals surface area (Å²) in [6.45, 7) is 6.26. The monoisotopic (exact) mass is 951 g/mol. The van der Waals surface area contributed by atoms with Gasteiger partial charge in [0.1, 0.15) is 13.2 Å². The molecule has 0 fully saturated rings. The molecule has 0 spiro atoms. The Morgan fingerprint density at radius 1 is 0.304 bits per heavy atom. The van der Waals surface area contributed by atoms with Gasteiger partial charge in [0.25, 0.3) is 0 Å². The number of carbonyl (C=O) groups excluding carboxylic acids is 3. The second kappa shape index (κ2) is 55.9. The predicted molar refractivity (Wildman–Crippen MR) is 297 cm³/mol. The Hall–Kier alpha value is -4.71. The third-order valence-corrected chi connectivity index (χ3v) is 10.8. The van der Waals surface area contributed by atoms with E-state index in [4.69, 9.17) is 14.2 Å². The van der Waals surface area contributed by atoms with E-state index in [-0.39, 0.29) is 31.6 Å². The lowest BCUT2D eigenvalue weighted by Crippen LogP contribution is -2.30. The van der Waals surface area contributed by atoms with Gasteiger partial charge in [-0.2, -0.15) is 0 Å². The minimum atomic E-state index is -0.833. The third-order valence-electron chi connectivity index (χ3n) is 10.8. The molecule has 0 amide bonds. The molecule has 0 aliphatic heterocycles. The van der Waals surface area contributed by atoms with Crippen LogP contribution in [-0.4, -0.2) is 37.2 Å². The van der Waals surface area contributed by atoms with Crippen LogP contribution >= 0.6 is 0 Å². The molecule has 6 nitrogen and oxygen atoms in total. The van der Waals surface area contributed by atoms with Crippen LogP contribution in [0.1, 0.15) is 213 Å². The molecular formula is C63H98O6. The maximum Gasteiger partial charge on any atom is 0.306 e. The highest BCUT2D eigenvalue weighted by Crippen LogP contribution is 2.12. The molecule has 0 saturated carbocycles. The van der Waals surface area contributed by atoms with Crippen LogP contribution in [0.15, 0.2) is 146 Å². The molecule has 0 aromatic carbocycles. The molecule has 1 unspecified atom stereocenters. The Kier molecular flexibility index (Phi) is 52.1. The average molecular weight is 951 g/mol. The van der Waals surface area contributed by atoms with E-state index in [0.717, 1.165) is 141 Å². The van der Waals surface area contributed by atoms with E-state index in [2.05, 4.69) is 154 Å². The second-order valence-corrected chi connectivity index (χ2v) is 17.4. The first-order valence-corrected chi connectivity index (χ1v) is 27.3. The van der Waals surface area contributed by atoms with Crippen LogP contribution in [-0.2, 0) is 28.6 Å². The van der Waals surface area contributed by atoms with Crippen LogP contribution in [0.25, 0.3) is 0 Å². The number of esters is 3. The first-order valence-electron chi connectivity index (χ1n) is 27.3. The van der Waals surface area contributed by atoms with Gasteiger partial charge in [-0.05, 0) is 122 Å². The van der Waals surface area contributed by atoms with Gasteiger partial charge in [0.2, 0.25) is 0 Å². The van der Waals surface area contributed by atoms with E-state index < -0.39 is 12.1 Å². The Morgan fingerprint density at radius 3 is 0.957 bits per heavy atom. The van der Waals surface area contributed by atoms with E-state index >= 15 is 0 Å². The van der Waals surface area contributed by atoms with Crippen molar-refractivity contribution >= 4 is 17.9 Å². The topological polar surface area (TPSA) is 78.9 Å². The molecule has 0 aliphatic carbocycles. The number of hydrogen-bond donors (Lipinski definition) is 0. The molecule has 1 atom stereocenters. The average Bonchev–Trinajstić information content (AvgIpc) is 3.35. The predicted octanol–water partition coefficient (Wildman–Crippen LogP) is 18.4. The van der Waals surface area contributed by atoms with Crippen LogP contribution < -0.4 is 0 Å². The van der Waals surface area contributed by atoms with E-state index in [0.29, 0.717) is 19.3 Å². The molecule has 386 valence electrons. The van der Waals surface area contributed by atoms with Gasteiger partial charge in [0.15, 0.2) is 6.10 Å². The van der Waals surface area contributed by atoms with Crippen LogP contribution in [0.2, 0.25) is 0 Å². The van der Waals surface area contributed by atoms with Crippen LogP contribution in [0.3, 0.4) is 0 Å². The van der Waals surface area contributed by atoms with E-state index in [9.17, 15) is 14.4 Å². The molecule has 0 radical (unpaired) electrons. The quantitative estimate of drug-likeness (QED) is 0.0262. The first kappa shape index (κ1) is 64.3. The van der Waals surface area contributed by atoms with E-state index in [1.165, 1.54) is 25.7 Å². The van der Waals surface area contributed by atoms with Gasteiger partial charge in [-0.15, -0.1) is 0 Å². The van der Waals surface area contributed by atoms with E-state index in [1.54, 1.807) is 0 Å². The lowest BCUT2D eigenvalue weighted by atomic mass is 10.1. The van der Waals surface area contributed by atoms with Crippen LogP contribution in [0.5, 0.6) is 0 Å². The minimum absolute atomic E-state index is 0.123. The number of carbonyl (C=O) groups is 3. The molecule has 0 aromatic rings. The smallest absolute Gasteiger partial charge is 0.306 e. The number of hydrogen-bond acceptors (Lipinski definition) is 6. The van der Waals surface area contributed by atoms with Gasteiger partial charge < -0.3 is 14.2 Å². The molecule has 69 heavy (non-hydrogen) atoms. The SMILES string of the molecule is CC/C=C\C/C=C\C/C=C\C/C=C\C/C=C\C/C=C\C/C=C\CCCCCCCC(=O)OCC(COC(=O)CCCCCCC/C=C\CCCC)OC(=O)CC/C=C\C/C=C\C/C=C\C/C=C\CC. The zero-order chi connectivity index (χ0) is 50.0. The van der Waals surface area contributed by atoms with Gasteiger partial charge in [-0.25, -0.2) is 0 Å². The minimum Gasteiger partial charge on any atom is -0.462 e. The Bertz CT molecular complexity index is 1560. The Morgan fingerprint density at radius 2 is 0.594 bits per heavy atom. The molecule has 0 N–H and O–H groups in total. The van der Waals surface area contributed by atoms with Crippen molar-refractivity contribution in [2.45, 2.75) is 219 Å². The molecule has 0 aliphatic rings. The number of unbranched alkanes of at least 4 members (excludes halogenated alkanes) is 12. The Balaban J connectivity index is 4.41. The maximum absolute atomic E-state index is 12.8. The molecule has 0 saturated heterocycles. The number of allylic oxidation sites excluding steroid dienone is 24. The van der Waals surface area contributed by atoms with Crippen LogP contribution in [0, 0.1) is 0 Å². The standard InChI is InChI=1S/C63H98O6/c1-4-7-10-13-16-19-22-24-25-26-27-28-29-30-31-32-33-34-35-36-37-39-41-44-47-50-53-56-62(65)68-59-60(58-67-61(64)55-52-49-46-43-40-21-18-15-12-9-6-3)69-63(66)57-54-51-48-45-42-38-23-20-17-14-11-8-5-2/h7-8,10-11,15-20,24-25,27-28,30-31,33-34,36-38,42,48,51,60H,4-6,9,12-14,21-23,26,29,32,35,39-41,43-47,49-50,52-59H2,1-3H3/b10-7-,11-8-,18-15-,19-16-,20-17-,25-24-,28-27-,31-30-,34-33-,37-36-,42-38-,51-48-. The van der Waals surface area contributed by atoms with Gasteiger partial charge in [0.05, 0.1) is 0 Å². The van der Waals surface area contributed by atoms with Crippen molar-refractivity contribution in [3.8, 4) is 0 Å². The molecule has 0 aromatic heterocycles. The summed E-state index contributed by atoms with van der Waals surface area (Å²) in [7, 11) is 0. The highest BCUT2D eigenvalue weighted by Gasteiger charge is 2.19. The summed E-state index contributed by atoms with van der Waals surface area (Å²) in [5.41, 5.74) is 0. The fourth-order valence-electron chi connectivity index (χ4n) is 6.77. The number of ether oxygens (including phenoxy) is 3. The summed E-state index contributed by atoms with van der Waals surface area (Å²) in [6.07, 6.45) is 80.0. The van der Waals surface area contributed by atoms with Gasteiger partial charge in [-0.1, -0.05) is 218 Å². The normalized spacial score (nSPS) is 13.3.